The highest BCUT2D eigenvalue weighted by molar-refractivity contribution is 6.18. The molecule has 0 bridgehead atoms. The highest BCUT2D eigenvalue weighted by atomic mass is 35.5. The Hall–Kier alpha value is -1.84. The van der Waals surface area contributed by atoms with Gasteiger partial charge in [0, 0.05) is 23.7 Å². The highest BCUT2D eigenvalue weighted by Gasteiger charge is 2.57. The molecule has 0 aromatic carbocycles. The number of alkyl carbamates (subject to hydrolysis) is 1. The number of nitrogens with one attached hydrogen (secondary N) is 1. The Morgan fingerprint density at radius 1 is 0.917 bits per heavy atom. The van der Waals surface area contributed by atoms with Crippen LogP contribution >= 0.6 is 11.6 Å². The molecule has 5 rings (SSSR count). The van der Waals surface area contributed by atoms with Crippen molar-refractivity contribution in [3.8, 4) is 0 Å². The summed E-state index contributed by atoms with van der Waals surface area (Å²) in [6, 6.07) is -0.622. The first-order chi connectivity index (χ1) is 28.3. The van der Waals surface area contributed by atoms with Gasteiger partial charge in [0.15, 0.2) is 5.79 Å². The predicted octanol–water partition coefficient (Wildman–Crippen LogP) is 7.20. The molecule has 4 N–H and O–H groups in total. The number of amides is 1. The standard InChI is InChI=1S/C46H76ClNO12/c1-11-31(42(51)52)34-15-14-25(4)39(57-34)29(8)37(49)28(7)38(50)32(12-2)40-26(5)24-27(6)46(59-40)21-16-33(48-43(53)55-23-22-47)41(60-46)35-17-19-44(10,58-35)36-18-20-45(54,13-3)30(9)56-36/h16,21,25-37,39-41,49,54H,11-15,17-20,22-24H2,1-10H3,(H,48,53)(H,51,52)/t25-,26-,27+,28-,29-,30-,31+,32-,33+,34+,35?,36+,37+,39+,40-,41?,44-,45+,46-/m0/s1. The fourth-order valence-electron chi connectivity index (χ4n) is 11.1. The lowest BCUT2D eigenvalue weighted by Crippen LogP contribution is -2.62. The summed E-state index contributed by atoms with van der Waals surface area (Å²) in [5, 5.41) is 35.7. The molecule has 4 saturated heterocycles. The molecule has 4 fully saturated rings. The minimum atomic E-state index is -1.24. The monoisotopic (exact) mass is 870 g/mol. The first-order valence-corrected chi connectivity index (χ1v) is 23.5. The Labute approximate surface area is 363 Å². The normalized spacial score (nSPS) is 42.2. The smallest absolute Gasteiger partial charge is 0.407 e. The Morgan fingerprint density at radius 3 is 2.23 bits per heavy atom. The summed E-state index contributed by atoms with van der Waals surface area (Å²) in [5.41, 5.74) is -1.54. The van der Waals surface area contributed by atoms with Crippen LogP contribution < -0.4 is 5.32 Å². The predicted molar refractivity (Wildman–Crippen MR) is 226 cm³/mol. The molecular weight excluding hydrogens is 794 g/mol. The molecule has 5 aliphatic rings. The van der Waals surface area contributed by atoms with E-state index in [1.54, 1.807) is 6.92 Å². The van der Waals surface area contributed by atoms with Crippen molar-refractivity contribution >= 4 is 29.4 Å². The lowest BCUT2D eigenvalue weighted by molar-refractivity contribution is -0.327. The number of hydrogen-bond acceptors (Lipinski definition) is 11. The molecule has 60 heavy (non-hydrogen) atoms. The van der Waals surface area contributed by atoms with Crippen molar-refractivity contribution in [2.75, 3.05) is 12.5 Å². The number of ether oxygens (including phenoxy) is 6. The number of carbonyl (C=O) groups is 3. The van der Waals surface area contributed by atoms with Crippen LogP contribution in [0.5, 0.6) is 0 Å². The molecule has 0 aromatic heterocycles. The highest BCUT2D eigenvalue weighted by Crippen LogP contribution is 2.49. The number of carboxylic acids is 1. The van der Waals surface area contributed by atoms with E-state index in [4.69, 9.17) is 40.0 Å². The van der Waals surface area contributed by atoms with E-state index < -0.39 is 95.4 Å². The van der Waals surface area contributed by atoms with Gasteiger partial charge in [-0.15, -0.1) is 11.6 Å². The van der Waals surface area contributed by atoms with E-state index in [2.05, 4.69) is 33.0 Å². The van der Waals surface area contributed by atoms with Gasteiger partial charge in [-0.3, -0.25) is 9.59 Å². The summed E-state index contributed by atoms with van der Waals surface area (Å²) < 4.78 is 39.3. The van der Waals surface area contributed by atoms with Crippen molar-refractivity contribution in [1.82, 2.24) is 5.32 Å². The summed E-state index contributed by atoms with van der Waals surface area (Å²) in [6.07, 6.45) is 5.24. The molecule has 0 aliphatic carbocycles. The van der Waals surface area contributed by atoms with Crippen molar-refractivity contribution in [3.05, 3.63) is 12.2 Å². The molecule has 5 heterocycles. The van der Waals surface area contributed by atoms with Gasteiger partial charge in [-0.25, -0.2) is 4.79 Å². The maximum atomic E-state index is 14.6. The van der Waals surface area contributed by atoms with E-state index >= 15 is 0 Å². The number of aliphatic carboxylic acids is 1. The number of hydrogen-bond donors (Lipinski definition) is 4. The third-order valence-corrected chi connectivity index (χ3v) is 15.4. The van der Waals surface area contributed by atoms with Crippen molar-refractivity contribution in [3.63, 3.8) is 0 Å². The zero-order valence-electron chi connectivity index (χ0n) is 37.8. The quantitative estimate of drug-likeness (QED) is 0.0907. The van der Waals surface area contributed by atoms with E-state index in [9.17, 15) is 29.7 Å². The molecule has 1 spiro atoms. The van der Waals surface area contributed by atoms with Gasteiger partial charge < -0.3 is 49.1 Å². The summed E-state index contributed by atoms with van der Waals surface area (Å²) >= 11 is 5.82. The van der Waals surface area contributed by atoms with Gasteiger partial charge in [0.2, 0.25) is 0 Å². The van der Waals surface area contributed by atoms with E-state index in [1.165, 1.54) is 0 Å². The van der Waals surface area contributed by atoms with Gasteiger partial charge in [0.05, 0.1) is 71.8 Å². The summed E-state index contributed by atoms with van der Waals surface area (Å²) in [6.45, 7) is 19.7. The second-order valence-electron chi connectivity index (χ2n) is 19.2. The van der Waals surface area contributed by atoms with E-state index in [-0.39, 0.29) is 48.2 Å². The van der Waals surface area contributed by atoms with Crippen molar-refractivity contribution < 1.29 is 58.1 Å². The summed E-state index contributed by atoms with van der Waals surface area (Å²) in [4.78, 5) is 39.5. The number of alkyl halides is 1. The van der Waals surface area contributed by atoms with Crippen LogP contribution in [0.25, 0.3) is 0 Å². The second kappa shape index (κ2) is 20.3. The van der Waals surface area contributed by atoms with Gasteiger partial charge in [0.1, 0.15) is 18.5 Å². The van der Waals surface area contributed by atoms with E-state index in [0.717, 1.165) is 6.42 Å². The fraction of sp³-hybridized carbons (Fsp3) is 0.891. The Balaban J connectivity index is 1.35. The van der Waals surface area contributed by atoms with Gasteiger partial charge in [-0.05, 0) is 96.0 Å². The molecule has 5 aliphatic heterocycles. The average Bonchev–Trinajstić information content (AvgIpc) is 3.63. The van der Waals surface area contributed by atoms with Crippen molar-refractivity contribution in [1.29, 1.82) is 0 Å². The van der Waals surface area contributed by atoms with Crippen LogP contribution in [-0.2, 0) is 38.0 Å². The topological polar surface area (TPSA) is 179 Å². The third-order valence-electron chi connectivity index (χ3n) is 15.3. The average molecular weight is 871 g/mol. The third kappa shape index (κ3) is 10.2. The van der Waals surface area contributed by atoms with E-state index in [1.807, 2.05) is 46.8 Å². The minimum Gasteiger partial charge on any atom is -0.481 e. The SMILES string of the molecule is CC[C@@H](C(=O)[C@@H](C)[C@@H](O)[C@H](C)[C@@H]1O[C@@H]([C@@H](CC)C(=O)O)CC[C@@H]1C)[C@H]1O[C@]2(C=C[C@@H](NC(=O)OCCCl)C(C3CC[C@@](C)([C@H]4CC[C@](O)(CC)[C@H](C)O4)O3)O2)[C@H](C)C[C@@H]1C. The van der Waals surface area contributed by atoms with Crippen LogP contribution in [0.15, 0.2) is 12.2 Å². The molecule has 344 valence electrons. The zero-order chi connectivity index (χ0) is 44.3. The molecule has 1 amide bonds. The number of halogens is 1. The van der Waals surface area contributed by atoms with Gasteiger partial charge >= 0.3 is 12.1 Å². The molecule has 19 atom stereocenters. The maximum Gasteiger partial charge on any atom is 0.407 e. The molecule has 0 radical (unpaired) electrons. The molecule has 14 heteroatoms. The number of aliphatic hydroxyl groups is 2. The van der Waals surface area contributed by atoms with Crippen molar-refractivity contribution in [2.45, 2.75) is 205 Å². The first kappa shape index (κ1) is 49.2. The maximum absolute atomic E-state index is 14.6. The van der Waals surface area contributed by atoms with Crippen LogP contribution in [-0.4, -0.2) is 118 Å². The largest absolute Gasteiger partial charge is 0.481 e. The number of aliphatic hydroxyl groups excluding tert-OH is 1. The molecular formula is C46H76ClNO12. The number of Topliss-reactive ketones (excluding diaryl/α,β-unsaturated/α-hetero) is 1. The summed E-state index contributed by atoms with van der Waals surface area (Å²) in [5.74, 6) is -4.42. The van der Waals surface area contributed by atoms with Crippen LogP contribution in [0.4, 0.5) is 4.79 Å². The molecule has 0 saturated carbocycles. The van der Waals surface area contributed by atoms with Gasteiger partial charge in [-0.1, -0.05) is 61.5 Å². The number of carbonyl (C=O) groups excluding carboxylic acids is 2. The minimum absolute atomic E-state index is 0.0131. The van der Waals surface area contributed by atoms with Crippen LogP contribution in [0, 0.1) is 41.4 Å². The van der Waals surface area contributed by atoms with Gasteiger partial charge in [-0.2, -0.15) is 0 Å². The van der Waals surface area contributed by atoms with Crippen LogP contribution in [0.1, 0.15) is 133 Å². The van der Waals surface area contributed by atoms with Crippen LogP contribution in [0.2, 0.25) is 0 Å². The zero-order valence-corrected chi connectivity index (χ0v) is 38.5. The number of rotatable bonds is 16. The second-order valence-corrected chi connectivity index (χ2v) is 19.6. The van der Waals surface area contributed by atoms with Crippen molar-refractivity contribution in [2.24, 2.45) is 41.4 Å². The lowest BCUT2D eigenvalue weighted by atomic mass is 9.72. The number of ketones is 1. The Bertz CT molecular complexity index is 1500. The Morgan fingerprint density at radius 2 is 1.62 bits per heavy atom. The molecule has 0 aromatic rings. The summed E-state index contributed by atoms with van der Waals surface area (Å²) in [7, 11) is 0. The van der Waals surface area contributed by atoms with Crippen LogP contribution in [0.3, 0.4) is 0 Å². The lowest BCUT2D eigenvalue weighted by Gasteiger charge is -2.52. The first-order valence-electron chi connectivity index (χ1n) is 23.0. The Kier molecular flexibility index (Phi) is 16.7. The fourth-order valence-corrected chi connectivity index (χ4v) is 11.2. The molecule has 2 unspecified atom stereocenters. The molecule has 13 nitrogen and oxygen atoms in total. The number of carboxylic acid groups (broad SMARTS) is 1. The van der Waals surface area contributed by atoms with E-state index in [0.29, 0.717) is 57.8 Å². The van der Waals surface area contributed by atoms with Gasteiger partial charge in [0.25, 0.3) is 0 Å².